The molecule has 2 aromatic rings. The molecule has 1 N–H and O–H groups in total. The Morgan fingerprint density at radius 1 is 1.14 bits per heavy atom. The van der Waals surface area contributed by atoms with Gasteiger partial charge in [-0.3, -0.25) is 10.1 Å². The number of unbranched alkanes of at least 4 members (excludes halogenated alkanes) is 1. The molecule has 0 atom stereocenters. The molecule has 0 radical (unpaired) electrons. The van der Waals surface area contributed by atoms with Crippen molar-refractivity contribution in [3.63, 3.8) is 0 Å². The number of carbonyl (C=O) groups is 1. The van der Waals surface area contributed by atoms with E-state index in [1.165, 1.54) is 33.5 Å². The van der Waals surface area contributed by atoms with Gasteiger partial charge in [0.2, 0.25) is 5.88 Å². The summed E-state index contributed by atoms with van der Waals surface area (Å²) < 4.78 is 16.0. The molecule has 0 bridgehead atoms. The topological polar surface area (TPSA) is 73.6 Å². The summed E-state index contributed by atoms with van der Waals surface area (Å²) in [6.07, 6.45) is 6.59. The molecule has 1 aromatic carbocycles. The highest BCUT2D eigenvalue weighted by Crippen LogP contribution is 2.36. The zero-order valence-corrected chi connectivity index (χ0v) is 17.6. The number of hydrogen-bond donors (Lipinski definition) is 1. The third-order valence-electron chi connectivity index (χ3n) is 5.57. The summed E-state index contributed by atoms with van der Waals surface area (Å²) in [6.45, 7) is 6.68. The van der Waals surface area contributed by atoms with Crippen molar-refractivity contribution < 1.29 is 18.8 Å². The van der Waals surface area contributed by atoms with Crippen LogP contribution in [0.25, 0.3) is 0 Å². The number of hydrogen-bond acceptors (Lipinski definition) is 5. The molecule has 0 unspecified atom stereocenters. The lowest BCUT2D eigenvalue weighted by Crippen LogP contribution is -2.22. The van der Waals surface area contributed by atoms with Gasteiger partial charge in [-0.1, -0.05) is 57.7 Å². The third-order valence-corrected chi connectivity index (χ3v) is 5.57. The van der Waals surface area contributed by atoms with Crippen LogP contribution in [0.3, 0.4) is 0 Å². The highest BCUT2D eigenvalue weighted by Gasteiger charge is 2.28. The fraction of sp³-hybridized carbons (Fsp3) is 0.545. The van der Waals surface area contributed by atoms with Crippen LogP contribution in [-0.4, -0.2) is 25.3 Å². The summed E-state index contributed by atoms with van der Waals surface area (Å²) in [7, 11) is 3.03. The van der Waals surface area contributed by atoms with E-state index in [0.29, 0.717) is 22.9 Å². The van der Waals surface area contributed by atoms with Crippen molar-refractivity contribution in [3.8, 4) is 11.5 Å². The van der Waals surface area contributed by atoms with Crippen LogP contribution in [0, 0.1) is 5.41 Å². The standard InChI is InChI=1S/C22H32N2O4/c1-6-9-13-22(7-2,8-3)15-16-14-19(28-24-16)23-21(25)20-17(26-4)11-10-12-18(20)27-5/h10-12,14H,6-9,13,15H2,1-5H3,(H,23,25). The lowest BCUT2D eigenvalue weighted by molar-refractivity contribution is 0.101. The normalized spacial score (nSPS) is 11.3. The van der Waals surface area contributed by atoms with E-state index in [1.54, 1.807) is 18.2 Å². The number of amides is 1. The molecule has 0 saturated heterocycles. The molecule has 0 aliphatic carbocycles. The highest BCUT2D eigenvalue weighted by atomic mass is 16.5. The van der Waals surface area contributed by atoms with Gasteiger partial charge in [-0.05, 0) is 30.4 Å². The SMILES string of the molecule is CCCCC(CC)(CC)Cc1cc(NC(=O)c2c(OC)cccc2OC)on1. The summed E-state index contributed by atoms with van der Waals surface area (Å²) in [5, 5.41) is 6.95. The summed E-state index contributed by atoms with van der Waals surface area (Å²) in [5.74, 6) is 0.837. The Kier molecular flexibility index (Phi) is 7.91. The van der Waals surface area contributed by atoms with E-state index < -0.39 is 0 Å². The smallest absolute Gasteiger partial charge is 0.265 e. The fourth-order valence-electron chi connectivity index (χ4n) is 3.58. The van der Waals surface area contributed by atoms with Gasteiger partial charge >= 0.3 is 0 Å². The second-order valence-electron chi connectivity index (χ2n) is 7.16. The van der Waals surface area contributed by atoms with Crippen molar-refractivity contribution in [2.45, 2.75) is 59.3 Å². The lowest BCUT2D eigenvalue weighted by atomic mass is 9.74. The summed E-state index contributed by atoms with van der Waals surface area (Å²) in [4.78, 5) is 12.8. The van der Waals surface area contributed by atoms with Crippen LogP contribution >= 0.6 is 0 Å². The summed E-state index contributed by atoms with van der Waals surface area (Å²) in [5.41, 5.74) is 1.41. The molecule has 0 fully saturated rings. The monoisotopic (exact) mass is 388 g/mol. The van der Waals surface area contributed by atoms with E-state index >= 15 is 0 Å². The number of anilines is 1. The van der Waals surface area contributed by atoms with E-state index in [-0.39, 0.29) is 11.3 Å². The Hall–Kier alpha value is -2.50. The van der Waals surface area contributed by atoms with E-state index in [1.807, 2.05) is 6.07 Å². The predicted molar refractivity (Wildman–Crippen MR) is 110 cm³/mol. The first kappa shape index (κ1) is 21.8. The molecule has 0 aliphatic rings. The van der Waals surface area contributed by atoms with E-state index in [2.05, 4.69) is 31.2 Å². The first-order valence-corrected chi connectivity index (χ1v) is 10.00. The van der Waals surface area contributed by atoms with Crippen LogP contribution in [0.4, 0.5) is 5.88 Å². The van der Waals surface area contributed by atoms with Crippen LogP contribution in [0.1, 0.15) is 68.9 Å². The van der Waals surface area contributed by atoms with Gasteiger partial charge in [-0.25, -0.2) is 0 Å². The molecule has 1 aromatic heterocycles. The molecular formula is C22H32N2O4. The molecule has 1 heterocycles. The number of rotatable bonds is 11. The Labute approximate surface area is 167 Å². The molecule has 1 amide bonds. The van der Waals surface area contributed by atoms with E-state index in [4.69, 9.17) is 14.0 Å². The minimum Gasteiger partial charge on any atom is -0.496 e. The number of aromatic nitrogens is 1. The average Bonchev–Trinajstić information content (AvgIpc) is 3.16. The van der Waals surface area contributed by atoms with Crippen molar-refractivity contribution in [2.24, 2.45) is 5.41 Å². The van der Waals surface area contributed by atoms with Crippen molar-refractivity contribution in [3.05, 3.63) is 35.5 Å². The van der Waals surface area contributed by atoms with Crippen molar-refractivity contribution in [2.75, 3.05) is 19.5 Å². The maximum absolute atomic E-state index is 12.8. The minimum atomic E-state index is -0.361. The Bertz CT molecular complexity index is 743. The Balaban J connectivity index is 2.16. The third kappa shape index (κ3) is 5.06. The summed E-state index contributed by atoms with van der Waals surface area (Å²) >= 11 is 0. The van der Waals surface area contributed by atoms with E-state index in [0.717, 1.165) is 25.0 Å². The van der Waals surface area contributed by atoms with Crippen LogP contribution in [-0.2, 0) is 6.42 Å². The van der Waals surface area contributed by atoms with Crippen LogP contribution in [0.2, 0.25) is 0 Å². The molecular weight excluding hydrogens is 356 g/mol. The highest BCUT2D eigenvalue weighted by molar-refractivity contribution is 6.07. The second-order valence-corrected chi connectivity index (χ2v) is 7.16. The number of nitrogens with one attached hydrogen (secondary N) is 1. The Morgan fingerprint density at radius 3 is 2.32 bits per heavy atom. The molecule has 0 aliphatic heterocycles. The largest absolute Gasteiger partial charge is 0.496 e. The molecule has 2 rings (SSSR count). The van der Waals surface area contributed by atoms with Gasteiger partial charge in [0.15, 0.2) is 0 Å². The lowest BCUT2D eigenvalue weighted by Gasteiger charge is -2.31. The molecule has 0 spiro atoms. The van der Waals surface area contributed by atoms with E-state index in [9.17, 15) is 4.79 Å². The van der Waals surface area contributed by atoms with Gasteiger partial charge in [0.25, 0.3) is 5.91 Å². The maximum Gasteiger partial charge on any atom is 0.265 e. The van der Waals surface area contributed by atoms with Crippen LogP contribution < -0.4 is 14.8 Å². The van der Waals surface area contributed by atoms with Crippen molar-refractivity contribution in [1.82, 2.24) is 5.16 Å². The van der Waals surface area contributed by atoms with Crippen molar-refractivity contribution in [1.29, 1.82) is 0 Å². The molecule has 6 nitrogen and oxygen atoms in total. The maximum atomic E-state index is 12.8. The molecule has 6 heteroatoms. The molecule has 28 heavy (non-hydrogen) atoms. The quantitative estimate of drug-likeness (QED) is 0.551. The first-order chi connectivity index (χ1) is 13.5. The second kappa shape index (κ2) is 10.2. The zero-order chi connectivity index (χ0) is 20.6. The average molecular weight is 389 g/mol. The van der Waals surface area contributed by atoms with Crippen LogP contribution in [0.15, 0.2) is 28.8 Å². The summed E-state index contributed by atoms with van der Waals surface area (Å²) in [6, 6.07) is 7.01. The first-order valence-electron chi connectivity index (χ1n) is 10.00. The fourth-order valence-corrected chi connectivity index (χ4v) is 3.58. The zero-order valence-electron chi connectivity index (χ0n) is 17.6. The molecule has 154 valence electrons. The predicted octanol–water partition coefficient (Wildman–Crippen LogP) is 5.48. The van der Waals surface area contributed by atoms with Gasteiger partial charge in [0.1, 0.15) is 17.1 Å². The van der Waals surface area contributed by atoms with Gasteiger partial charge in [0, 0.05) is 6.07 Å². The Morgan fingerprint density at radius 2 is 1.79 bits per heavy atom. The van der Waals surface area contributed by atoms with Crippen molar-refractivity contribution >= 4 is 11.8 Å². The number of ether oxygens (including phenoxy) is 2. The number of nitrogens with zero attached hydrogens (tertiary/aromatic N) is 1. The van der Waals surface area contributed by atoms with Gasteiger partial charge in [-0.15, -0.1) is 0 Å². The van der Waals surface area contributed by atoms with Crippen LogP contribution in [0.5, 0.6) is 11.5 Å². The van der Waals surface area contributed by atoms with Gasteiger partial charge < -0.3 is 14.0 Å². The minimum absolute atomic E-state index is 0.222. The number of benzene rings is 1. The number of carbonyl (C=O) groups excluding carboxylic acids is 1. The number of methoxy groups -OCH3 is 2. The van der Waals surface area contributed by atoms with Gasteiger partial charge in [-0.2, -0.15) is 0 Å². The molecule has 0 saturated carbocycles. The van der Waals surface area contributed by atoms with Gasteiger partial charge in [0.05, 0.1) is 19.9 Å².